The summed E-state index contributed by atoms with van der Waals surface area (Å²) in [5.41, 5.74) is 7.79. The van der Waals surface area contributed by atoms with Crippen LogP contribution in [0, 0.1) is 27.7 Å². The molecule has 0 bridgehead atoms. The number of halogens is 1. The van der Waals surface area contributed by atoms with Crippen molar-refractivity contribution in [2.24, 2.45) is 0 Å². The van der Waals surface area contributed by atoms with Crippen molar-refractivity contribution in [2.75, 3.05) is 0 Å². The summed E-state index contributed by atoms with van der Waals surface area (Å²) < 4.78 is 0. The average Bonchev–Trinajstić information content (AvgIpc) is 2.33. The summed E-state index contributed by atoms with van der Waals surface area (Å²) in [4.78, 5) is 0. The van der Waals surface area contributed by atoms with Gasteiger partial charge < -0.3 is 0 Å². The van der Waals surface area contributed by atoms with Crippen molar-refractivity contribution in [1.29, 1.82) is 0 Å². The fourth-order valence-corrected chi connectivity index (χ4v) is 2.85. The summed E-state index contributed by atoms with van der Waals surface area (Å²) in [7, 11) is 0. The van der Waals surface area contributed by atoms with Crippen LogP contribution in [0.1, 0.15) is 38.8 Å². The van der Waals surface area contributed by atoms with E-state index in [1.165, 1.54) is 33.4 Å². The van der Waals surface area contributed by atoms with Gasteiger partial charge in [-0.1, -0.05) is 42.0 Å². The molecule has 19 heavy (non-hydrogen) atoms. The van der Waals surface area contributed by atoms with E-state index in [4.69, 9.17) is 11.6 Å². The van der Waals surface area contributed by atoms with E-state index in [9.17, 15) is 0 Å². The first-order valence-corrected chi connectivity index (χ1v) is 7.18. The van der Waals surface area contributed by atoms with Crippen molar-refractivity contribution in [1.82, 2.24) is 0 Å². The molecule has 1 atom stereocenters. The average molecular weight is 273 g/mol. The van der Waals surface area contributed by atoms with Gasteiger partial charge in [-0.3, -0.25) is 0 Å². The molecule has 1 unspecified atom stereocenters. The van der Waals surface area contributed by atoms with Gasteiger partial charge >= 0.3 is 0 Å². The van der Waals surface area contributed by atoms with Crippen LogP contribution in [0.15, 0.2) is 36.4 Å². The highest BCUT2D eigenvalue weighted by Crippen LogP contribution is 2.28. The van der Waals surface area contributed by atoms with Crippen molar-refractivity contribution < 1.29 is 0 Å². The van der Waals surface area contributed by atoms with Crippen LogP contribution >= 0.6 is 11.6 Å². The largest absolute Gasteiger partial charge is 0.117 e. The Morgan fingerprint density at radius 2 is 1.58 bits per heavy atom. The summed E-state index contributed by atoms with van der Waals surface area (Å²) in [5, 5.41) is 0.0442. The summed E-state index contributed by atoms with van der Waals surface area (Å²) in [6.45, 7) is 8.54. The molecular weight excluding hydrogens is 252 g/mol. The standard InChI is InChI=1S/C18H21Cl/c1-12-5-8-17(15(4)9-12)18(19)11-16-7-6-13(2)14(3)10-16/h5-10,18H,11H2,1-4H3. The normalized spacial score (nSPS) is 12.5. The first-order valence-electron chi connectivity index (χ1n) is 6.74. The van der Waals surface area contributed by atoms with Crippen LogP contribution in [0.2, 0.25) is 0 Å². The molecule has 0 aromatic heterocycles. The molecule has 100 valence electrons. The third-order valence-corrected chi connectivity index (χ3v) is 4.14. The second kappa shape index (κ2) is 5.79. The van der Waals surface area contributed by atoms with Gasteiger partial charge in [-0.15, -0.1) is 11.6 Å². The first kappa shape index (κ1) is 14.1. The van der Waals surface area contributed by atoms with E-state index >= 15 is 0 Å². The Morgan fingerprint density at radius 1 is 0.842 bits per heavy atom. The molecule has 0 fully saturated rings. The molecular formula is C18H21Cl. The topological polar surface area (TPSA) is 0 Å². The molecule has 0 radical (unpaired) electrons. The molecule has 0 N–H and O–H groups in total. The van der Waals surface area contributed by atoms with E-state index in [2.05, 4.69) is 64.1 Å². The molecule has 0 saturated carbocycles. The molecule has 2 aromatic carbocycles. The van der Waals surface area contributed by atoms with Gasteiger partial charge in [0, 0.05) is 0 Å². The molecule has 0 spiro atoms. The van der Waals surface area contributed by atoms with Crippen molar-refractivity contribution >= 4 is 11.6 Å². The van der Waals surface area contributed by atoms with Crippen LogP contribution in [0.3, 0.4) is 0 Å². The van der Waals surface area contributed by atoms with Gasteiger partial charge in [0.05, 0.1) is 5.38 Å². The van der Waals surface area contributed by atoms with E-state index in [1.807, 2.05) is 0 Å². The second-order valence-electron chi connectivity index (χ2n) is 5.45. The molecule has 0 aliphatic heterocycles. The van der Waals surface area contributed by atoms with Crippen molar-refractivity contribution in [3.8, 4) is 0 Å². The molecule has 1 heteroatoms. The van der Waals surface area contributed by atoms with Gasteiger partial charge in [0.15, 0.2) is 0 Å². The minimum absolute atomic E-state index is 0.0442. The number of rotatable bonds is 3. The molecule has 0 saturated heterocycles. The van der Waals surface area contributed by atoms with Gasteiger partial charge in [-0.2, -0.15) is 0 Å². The molecule has 0 heterocycles. The molecule has 2 aromatic rings. The summed E-state index contributed by atoms with van der Waals surface area (Å²) >= 11 is 6.59. The van der Waals surface area contributed by atoms with E-state index in [1.54, 1.807) is 0 Å². The lowest BCUT2D eigenvalue weighted by Crippen LogP contribution is -1.99. The number of hydrogen-bond donors (Lipinski definition) is 0. The highest BCUT2D eigenvalue weighted by Gasteiger charge is 2.12. The lowest BCUT2D eigenvalue weighted by Gasteiger charge is -2.14. The SMILES string of the molecule is Cc1ccc(C(Cl)Cc2ccc(C)c(C)c2)c(C)c1. The maximum absolute atomic E-state index is 6.59. The molecule has 0 aliphatic carbocycles. The van der Waals surface area contributed by atoms with E-state index in [-0.39, 0.29) is 5.38 Å². The Balaban J connectivity index is 2.20. The smallest absolute Gasteiger partial charge is 0.0628 e. The highest BCUT2D eigenvalue weighted by atomic mass is 35.5. The Hall–Kier alpha value is -1.27. The Kier molecular flexibility index (Phi) is 4.31. The van der Waals surface area contributed by atoms with Crippen LogP contribution in [0.25, 0.3) is 0 Å². The van der Waals surface area contributed by atoms with Crippen LogP contribution in [-0.4, -0.2) is 0 Å². The van der Waals surface area contributed by atoms with Crippen LogP contribution in [-0.2, 0) is 6.42 Å². The van der Waals surface area contributed by atoms with Crippen LogP contribution in [0.4, 0.5) is 0 Å². The first-order chi connectivity index (χ1) is 8.97. The van der Waals surface area contributed by atoms with E-state index in [0.717, 1.165) is 6.42 Å². The fourth-order valence-electron chi connectivity index (χ4n) is 2.42. The zero-order valence-corrected chi connectivity index (χ0v) is 12.9. The van der Waals surface area contributed by atoms with E-state index in [0.29, 0.717) is 0 Å². The van der Waals surface area contributed by atoms with Gasteiger partial charge in [-0.25, -0.2) is 0 Å². The summed E-state index contributed by atoms with van der Waals surface area (Å²) in [6, 6.07) is 13.1. The van der Waals surface area contributed by atoms with Crippen molar-refractivity contribution in [3.05, 3.63) is 69.8 Å². The lowest BCUT2D eigenvalue weighted by molar-refractivity contribution is 0.906. The number of aryl methyl sites for hydroxylation is 4. The Labute approximate surface area is 121 Å². The predicted octanol–water partition coefficient (Wildman–Crippen LogP) is 5.44. The molecule has 0 nitrogen and oxygen atoms in total. The monoisotopic (exact) mass is 272 g/mol. The van der Waals surface area contributed by atoms with Gasteiger partial charge in [0.1, 0.15) is 0 Å². The maximum Gasteiger partial charge on any atom is 0.0628 e. The number of alkyl halides is 1. The quantitative estimate of drug-likeness (QED) is 0.653. The summed E-state index contributed by atoms with van der Waals surface area (Å²) in [6.07, 6.45) is 0.882. The second-order valence-corrected chi connectivity index (χ2v) is 5.98. The van der Waals surface area contributed by atoms with Crippen molar-refractivity contribution in [2.45, 2.75) is 39.5 Å². The highest BCUT2D eigenvalue weighted by molar-refractivity contribution is 6.21. The minimum Gasteiger partial charge on any atom is -0.117 e. The molecule has 2 rings (SSSR count). The number of benzene rings is 2. The lowest BCUT2D eigenvalue weighted by atomic mass is 9.97. The number of hydrogen-bond acceptors (Lipinski definition) is 0. The molecule has 0 amide bonds. The van der Waals surface area contributed by atoms with Crippen molar-refractivity contribution in [3.63, 3.8) is 0 Å². The van der Waals surface area contributed by atoms with Crippen LogP contribution in [0.5, 0.6) is 0 Å². The van der Waals surface area contributed by atoms with Gasteiger partial charge in [0.25, 0.3) is 0 Å². The van der Waals surface area contributed by atoms with Gasteiger partial charge in [-0.05, 0) is 61.9 Å². The Morgan fingerprint density at radius 3 is 2.21 bits per heavy atom. The third kappa shape index (κ3) is 3.39. The third-order valence-electron chi connectivity index (χ3n) is 3.75. The molecule has 0 aliphatic rings. The maximum atomic E-state index is 6.59. The minimum atomic E-state index is 0.0442. The fraction of sp³-hybridized carbons (Fsp3) is 0.333. The zero-order valence-electron chi connectivity index (χ0n) is 12.1. The summed E-state index contributed by atoms with van der Waals surface area (Å²) in [5.74, 6) is 0. The zero-order chi connectivity index (χ0) is 14.0. The Bertz CT molecular complexity index is 584. The van der Waals surface area contributed by atoms with Gasteiger partial charge in [0.2, 0.25) is 0 Å². The predicted molar refractivity (Wildman–Crippen MR) is 84.1 cm³/mol. The van der Waals surface area contributed by atoms with Crippen LogP contribution < -0.4 is 0 Å². The van der Waals surface area contributed by atoms with E-state index < -0.39 is 0 Å².